The maximum atomic E-state index is 12.0. The van der Waals surface area contributed by atoms with E-state index in [1.807, 2.05) is 12.1 Å². The lowest BCUT2D eigenvalue weighted by Gasteiger charge is -2.07. The minimum atomic E-state index is -0.870. The number of hydrogen-bond acceptors (Lipinski definition) is 6. The average Bonchev–Trinajstić information content (AvgIpc) is 2.74. The quantitative estimate of drug-likeness (QED) is 0.429. The summed E-state index contributed by atoms with van der Waals surface area (Å²) in [5.41, 5.74) is 1.27. The third kappa shape index (κ3) is 6.18. The molecule has 2 aromatic rings. The van der Waals surface area contributed by atoms with Crippen LogP contribution >= 0.6 is 0 Å². The molecule has 0 spiro atoms. The van der Waals surface area contributed by atoms with Gasteiger partial charge < -0.3 is 19.5 Å². The molecular weight excluding hydrogens is 360 g/mol. The number of carbonyl (C=O) groups excluding carboxylic acids is 2. The van der Waals surface area contributed by atoms with Gasteiger partial charge in [-0.05, 0) is 41.5 Å². The van der Waals surface area contributed by atoms with Crippen LogP contribution in [0.25, 0.3) is 6.08 Å². The lowest BCUT2D eigenvalue weighted by molar-refractivity contribution is -0.144. The third-order valence-electron chi connectivity index (χ3n) is 3.73. The Morgan fingerprint density at radius 1 is 1.07 bits per heavy atom. The Kier molecular flexibility index (Phi) is 7.61. The van der Waals surface area contributed by atoms with E-state index < -0.39 is 18.5 Å². The first-order chi connectivity index (χ1) is 13.5. The second-order valence-corrected chi connectivity index (χ2v) is 5.65. The molecule has 0 aliphatic heterocycles. The molecule has 0 aliphatic rings. The van der Waals surface area contributed by atoms with Gasteiger partial charge in [-0.25, -0.2) is 4.79 Å². The molecule has 1 amide bonds. The molecule has 0 saturated carbocycles. The summed E-state index contributed by atoms with van der Waals surface area (Å²) in [5.74, 6) is -0.0269. The van der Waals surface area contributed by atoms with Gasteiger partial charge in [0.1, 0.15) is 23.1 Å². The Morgan fingerprint density at radius 3 is 2.43 bits per heavy atom. The van der Waals surface area contributed by atoms with Crippen molar-refractivity contribution in [2.24, 2.45) is 0 Å². The van der Waals surface area contributed by atoms with E-state index in [0.717, 1.165) is 11.3 Å². The van der Waals surface area contributed by atoms with Crippen molar-refractivity contribution < 1.29 is 23.8 Å². The van der Waals surface area contributed by atoms with Crippen molar-refractivity contribution in [1.82, 2.24) is 5.32 Å². The van der Waals surface area contributed by atoms with Gasteiger partial charge in [0.25, 0.3) is 5.91 Å². The zero-order chi connectivity index (χ0) is 20.4. The summed E-state index contributed by atoms with van der Waals surface area (Å²) in [7, 11) is 3.09. The van der Waals surface area contributed by atoms with Gasteiger partial charge in [-0.3, -0.25) is 4.79 Å². The van der Waals surface area contributed by atoms with Gasteiger partial charge in [-0.1, -0.05) is 24.3 Å². The number of nitrogens with one attached hydrogen (secondary N) is 1. The summed E-state index contributed by atoms with van der Waals surface area (Å²) in [5, 5.41) is 11.8. The minimum Gasteiger partial charge on any atom is -0.497 e. The maximum Gasteiger partial charge on any atom is 0.349 e. The molecule has 0 aromatic heterocycles. The van der Waals surface area contributed by atoms with Crippen molar-refractivity contribution in [3.05, 3.63) is 65.2 Å². The molecule has 0 radical (unpaired) electrons. The molecule has 0 atom stereocenters. The van der Waals surface area contributed by atoms with Crippen molar-refractivity contribution in [2.45, 2.75) is 6.54 Å². The van der Waals surface area contributed by atoms with Gasteiger partial charge in [-0.15, -0.1) is 0 Å². The van der Waals surface area contributed by atoms with Crippen LogP contribution in [0.5, 0.6) is 11.5 Å². The molecule has 0 saturated heterocycles. The Labute approximate surface area is 163 Å². The molecule has 0 aliphatic carbocycles. The number of hydrogen-bond donors (Lipinski definition) is 1. The summed E-state index contributed by atoms with van der Waals surface area (Å²) in [6, 6.07) is 15.8. The smallest absolute Gasteiger partial charge is 0.349 e. The number of esters is 1. The molecule has 2 aromatic carbocycles. The second kappa shape index (κ2) is 10.4. The van der Waals surface area contributed by atoms with E-state index in [1.165, 1.54) is 13.2 Å². The first-order valence-electron chi connectivity index (χ1n) is 8.38. The SMILES string of the molecule is COc1ccc(CNC(=O)COC(=O)/C(C#N)=C/c2cccc(OC)c2)cc1. The zero-order valence-corrected chi connectivity index (χ0v) is 15.6. The third-order valence-corrected chi connectivity index (χ3v) is 3.73. The van der Waals surface area contributed by atoms with Crippen LogP contribution in [0, 0.1) is 11.3 Å². The predicted octanol–water partition coefficient (Wildman–Crippen LogP) is 2.47. The lowest BCUT2D eigenvalue weighted by Crippen LogP contribution is -2.28. The van der Waals surface area contributed by atoms with Crippen LogP contribution < -0.4 is 14.8 Å². The number of amides is 1. The predicted molar refractivity (Wildman–Crippen MR) is 102 cm³/mol. The standard InChI is InChI=1S/C21H20N2O5/c1-26-18-8-6-15(7-9-18)13-23-20(24)14-28-21(25)17(12-22)10-16-4-3-5-19(11-16)27-2/h3-11H,13-14H2,1-2H3,(H,23,24)/b17-10+. The lowest BCUT2D eigenvalue weighted by atomic mass is 10.1. The Bertz CT molecular complexity index is 898. The van der Waals surface area contributed by atoms with E-state index in [9.17, 15) is 14.9 Å². The summed E-state index contributed by atoms with van der Waals surface area (Å²) in [6.07, 6.45) is 1.38. The van der Waals surface area contributed by atoms with Crippen molar-refractivity contribution in [3.8, 4) is 17.6 Å². The first-order valence-corrected chi connectivity index (χ1v) is 8.38. The highest BCUT2D eigenvalue weighted by molar-refractivity contribution is 5.98. The normalized spacial score (nSPS) is 10.5. The van der Waals surface area contributed by atoms with E-state index in [-0.39, 0.29) is 12.1 Å². The van der Waals surface area contributed by atoms with E-state index in [1.54, 1.807) is 49.6 Å². The molecule has 1 N–H and O–H groups in total. The van der Waals surface area contributed by atoms with Crippen LogP contribution in [0.2, 0.25) is 0 Å². The molecule has 0 heterocycles. The van der Waals surface area contributed by atoms with Crippen molar-refractivity contribution in [2.75, 3.05) is 20.8 Å². The molecule has 0 bridgehead atoms. The highest BCUT2D eigenvalue weighted by Crippen LogP contribution is 2.15. The fraction of sp³-hybridized carbons (Fsp3) is 0.190. The Hall–Kier alpha value is -3.79. The number of nitrogens with zero attached hydrogens (tertiary/aromatic N) is 1. The van der Waals surface area contributed by atoms with Crippen molar-refractivity contribution in [1.29, 1.82) is 5.26 Å². The molecular formula is C21H20N2O5. The van der Waals surface area contributed by atoms with Crippen LogP contribution in [0.4, 0.5) is 0 Å². The monoisotopic (exact) mass is 380 g/mol. The topological polar surface area (TPSA) is 97.6 Å². The van der Waals surface area contributed by atoms with Gasteiger partial charge in [0.2, 0.25) is 0 Å². The van der Waals surface area contributed by atoms with Gasteiger partial charge in [0.05, 0.1) is 14.2 Å². The van der Waals surface area contributed by atoms with Gasteiger partial charge >= 0.3 is 5.97 Å². The van der Waals surface area contributed by atoms with Crippen LogP contribution in [-0.2, 0) is 20.9 Å². The number of benzene rings is 2. The van der Waals surface area contributed by atoms with Crippen molar-refractivity contribution in [3.63, 3.8) is 0 Å². The highest BCUT2D eigenvalue weighted by Gasteiger charge is 2.13. The number of rotatable bonds is 8. The van der Waals surface area contributed by atoms with Crippen LogP contribution in [-0.4, -0.2) is 32.7 Å². The van der Waals surface area contributed by atoms with Gasteiger partial charge in [-0.2, -0.15) is 5.26 Å². The molecule has 7 heteroatoms. The summed E-state index contributed by atoms with van der Waals surface area (Å²) in [4.78, 5) is 23.9. The molecule has 7 nitrogen and oxygen atoms in total. The number of carbonyl (C=O) groups is 2. The van der Waals surface area contributed by atoms with E-state index in [0.29, 0.717) is 11.3 Å². The van der Waals surface area contributed by atoms with Crippen molar-refractivity contribution >= 4 is 18.0 Å². The molecule has 144 valence electrons. The average molecular weight is 380 g/mol. The number of ether oxygens (including phenoxy) is 3. The van der Waals surface area contributed by atoms with Gasteiger partial charge in [0.15, 0.2) is 6.61 Å². The molecule has 2 rings (SSSR count). The Balaban J connectivity index is 1.87. The highest BCUT2D eigenvalue weighted by atomic mass is 16.5. The largest absolute Gasteiger partial charge is 0.497 e. The molecule has 0 fully saturated rings. The minimum absolute atomic E-state index is 0.212. The Morgan fingerprint density at radius 2 is 1.79 bits per heavy atom. The zero-order valence-electron chi connectivity index (χ0n) is 15.6. The van der Waals surface area contributed by atoms with E-state index in [2.05, 4.69) is 5.32 Å². The summed E-state index contributed by atoms with van der Waals surface area (Å²) >= 11 is 0. The van der Waals surface area contributed by atoms with E-state index in [4.69, 9.17) is 14.2 Å². The second-order valence-electron chi connectivity index (χ2n) is 5.65. The maximum absolute atomic E-state index is 12.0. The molecule has 0 unspecified atom stereocenters. The number of methoxy groups -OCH3 is 2. The fourth-order valence-corrected chi connectivity index (χ4v) is 2.24. The number of nitriles is 1. The van der Waals surface area contributed by atoms with Gasteiger partial charge in [0, 0.05) is 6.54 Å². The molecule has 28 heavy (non-hydrogen) atoms. The first kappa shape index (κ1) is 20.5. The van der Waals surface area contributed by atoms with E-state index >= 15 is 0 Å². The fourth-order valence-electron chi connectivity index (χ4n) is 2.24. The van der Waals surface area contributed by atoms with Crippen LogP contribution in [0.15, 0.2) is 54.1 Å². The summed E-state index contributed by atoms with van der Waals surface area (Å²) in [6.45, 7) is -0.197. The summed E-state index contributed by atoms with van der Waals surface area (Å²) < 4.78 is 15.1. The van der Waals surface area contributed by atoms with Crippen LogP contribution in [0.3, 0.4) is 0 Å². The van der Waals surface area contributed by atoms with Crippen LogP contribution in [0.1, 0.15) is 11.1 Å².